The molecule has 0 atom stereocenters. The van der Waals surface area contributed by atoms with Gasteiger partial charge in [0.1, 0.15) is 5.82 Å². The Hall–Kier alpha value is -1.69. The van der Waals surface area contributed by atoms with Gasteiger partial charge in [-0.3, -0.25) is 0 Å². The van der Waals surface area contributed by atoms with Gasteiger partial charge in [0, 0.05) is 6.07 Å². The molecule has 1 aromatic heterocycles. The van der Waals surface area contributed by atoms with E-state index in [1.807, 2.05) is 0 Å². The summed E-state index contributed by atoms with van der Waals surface area (Å²) in [5, 5.41) is 0. The van der Waals surface area contributed by atoms with E-state index >= 15 is 0 Å². The summed E-state index contributed by atoms with van der Waals surface area (Å²) >= 11 is 3.25. The van der Waals surface area contributed by atoms with Crippen LogP contribution in [0.5, 0.6) is 11.6 Å². The predicted octanol–water partition coefficient (Wildman–Crippen LogP) is 3.81. The van der Waals surface area contributed by atoms with Crippen LogP contribution in [0.4, 0.5) is 14.5 Å². The summed E-state index contributed by atoms with van der Waals surface area (Å²) in [6.07, 6.45) is 1.40. The Morgan fingerprint density at radius 2 is 2.06 bits per heavy atom. The van der Waals surface area contributed by atoms with Crippen LogP contribution in [0.25, 0.3) is 0 Å². The minimum absolute atomic E-state index is 0.131. The van der Waals surface area contributed by atoms with Gasteiger partial charge in [0.15, 0.2) is 11.6 Å². The molecule has 0 saturated heterocycles. The molecule has 0 aliphatic rings. The third-order valence-corrected chi connectivity index (χ3v) is 3.30. The van der Waals surface area contributed by atoms with Crippen molar-refractivity contribution >= 4 is 21.6 Å². The van der Waals surface area contributed by atoms with Crippen molar-refractivity contribution in [3.63, 3.8) is 0 Å². The second-order valence-corrected chi connectivity index (χ2v) is 4.43. The first kappa shape index (κ1) is 12.8. The summed E-state index contributed by atoms with van der Waals surface area (Å²) < 4.78 is 32.1. The van der Waals surface area contributed by atoms with E-state index in [2.05, 4.69) is 20.9 Å². The van der Waals surface area contributed by atoms with E-state index in [-0.39, 0.29) is 11.6 Å². The van der Waals surface area contributed by atoms with Gasteiger partial charge in [0.05, 0.1) is 16.4 Å². The van der Waals surface area contributed by atoms with Crippen LogP contribution in [-0.2, 0) is 0 Å². The molecule has 6 heteroatoms. The minimum atomic E-state index is -0.667. The van der Waals surface area contributed by atoms with Gasteiger partial charge in [-0.25, -0.2) is 13.8 Å². The molecule has 0 bridgehead atoms. The first-order valence-electron chi connectivity index (χ1n) is 5.02. The maximum atomic E-state index is 13.4. The fourth-order valence-corrected chi connectivity index (χ4v) is 1.71. The topological polar surface area (TPSA) is 48.1 Å². The highest BCUT2D eigenvalue weighted by atomic mass is 79.9. The Bertz CT molecular complexity index is 605. The van der Waals surface area contributed by atoms with Crippen molar-refractivity contribution in [3.05, 3.63) is 46.1 Å². The summed E-state index contributed by atoms with van der Waals surface area (Å²) in [7, 11) is 0. The number of pyridine rings is 1. The zero-order valence-corrected chi connectivity index (χ0v) is 11.0. The van der Waals surface area contributed by atoms with Gasteiger partial charge in [-0.15, -0.1) is 0 Å². The highest BCUT2D eigenvalue weighted by molar-refractivity contribution is 9.10. The molecule has 1 heterocycles. The summed E-state index contributed by atoms with van der Waals surface area (Å²) in [5.74, 6) is -1.35. The van der Waals surface area contributed by atoms with Crippen LogP contribution in [-0.4, -0.2) is 4.98 Å². The minimum Gasteiger partial charge on any atom is -0.435 e. The van der Waals surface area contributed by atoms with E-state index in [4.69, 9.17) is 10.5 Å². The number of rotatable bonds is 2. The lowest BCUT2D eigenvalue weighted by Crippen LogP contribution is -1.97. The van der Waals surface area contributed by atoms with Crippen molar-refractivity contribution in [2.45, 2.75) is 6.92 Å². The van der Waals surface area contributed by atoms with Crippen LogP contribution >= 0.6 is 15.9 Å². The molecule has 2 rings (SSSR count). The smallest absolute Gasteiger partial charge is 0.234 e. The van der Waals surface area contributed by atoms with Crippen molar-refractivity contribution in [1.29, 1.82) is 0 Å². The zero-order chi connectivity index (χ0) is 13.3. The number of hydrogen-bond donors (Lipinski definition) is 1. The number of halogens is 3. The van der Waals surface area contributed by atoms with Crippen molar-refractivity contribution in [2.24, 2.45) is 0 Å². The molecule has 3 nitrogen and oxygen atoms in total. The SMILES string of the molecule is Cc1c(N)cnc(Oc2cc(F)ccc2F)c1Br. The van der Waals surface area contributed by atoms with Crippen molar-refractivity contribution < 1.29 is 13.5 Å². The molecule has 0 aliphatic carbocycles. The molecule has 2 N–H and O–H groups in total. The number of hydrogen-bond acceptors (Lipinski definition) is 3. The number of aromatic nitrogens is 1. The Kier molecular flexibility index (Phi) is 3.47. The standard InChI is InChI=1S/C12H9BrF2N2O/c1-6-9(16)5-17-12(11(6)13)18-10-4-7(14)2-3-8(10)15/h2-5H,16H2,1H3. The third-order valence-electron chi connectivity index (χ3n) is 2.37. The predicted molar refractivity (Wildman–Crippen MR) is 67.5 cm³/mol. The highest BCUT2D eigenvalue weighted by Crippen LogP contribution is 2.33. The van der Waals surface area contributed by atoms with Gasteiger partial charge < -0.3 is 10.5 Å². The molecule has 0 unspecified atom stereocenters. The monoisotopic (exact) mass is 314 g/mol. The van der Waals surface area contributed by atoms with Crippen molar-refractivity contribution in [1.82, 2.24) is 4.98 Å². The van der Waals surface area contributed by atoms with E-state index in [1.54, 1.807) is 6.92 Å². The Balaban J connectivity index is 2.40. The average Bonchev–Trinajstić information content (AvgIpc) is 2.34. The molecule has 0 saturated carbocycles. The molecule has 0 aliphatic heterocycles. The second kappa shape index (κ2) is 4.89. The fraction of sp³-hybridized carbons (Fsp3) is 0.0833. The quantitative estimate of drug-likeness (QED) is 0.917. The molecule has 0 fully saturated rings. The maximum Gasteiger partial charge on any atom is 0.234 e. The van der Waals surface area contributed by atoms with Gasteiger partial charge in [-0.2, -0.15) is 0 Å². The van der Waals surface area contributed by atoms with E-state index in [0.29, 0.717) is 10.2 Å². The molecular formula is C12H9BrF2N2O. The number of anilines is 1. The van der Waals surface area contributed by atoms with Gasteiger partial charge in [0.25, 0.3) is 0 Å². The van der Waals surface area contributed by atoms with E-state index in [9.17, 15) is 8.78 Å². The van der Waals surface area contributed by atoms with Crippen LogP contribution in [0.15, 0.2) is 28.9 Å². The highest BCUT2D eigenvalue weighted by Gasteiger charge is 2.12. The van der Waals surface area contributed by atoms with Crippen LogP contribution in [0.2, 0.25) is 0 Å². The van der Waals surface area contributed by atoms with Gasteiger partial charge in [0.2, 0.25) is 5.88 Å². The summed E-state index contributed by atoms with van der Waals surface area (Å²) in [6, 6.07) is 2.96. The average molecular weight is 315 g/mol. The molecular weight excluding hydrogens is 306 g/mol. The molecule has 0 radical (unpaired) electrons. The second-order valence-electron chi connectivity index (χ2n) is 3.63. The van der Waals surface area contributed by atoms with Gasteiger partial charge >= 0.3 is 0 Å². The van der Waals surface area contributed by atoms with Crippen molar-refractivity contribution in [3.8, 4) is 11.6 Å². The fourth-order valence-electron chi connectivity index (χ4n) is 1.30. The summed E-state index contributed by atoms with van der Waals surface area (Å²) in [6.45, 7) is 1.76. The van der Waals surface area contributed by atoms with Gasteiger partial charge in [-0.05, 0) is 40.5 Å². The molecule has 18 heavy (non-hydrogen) atoms. The third kappa shape index (κ3) is 2.43. The molecule has 1 aromatic carbocycles. The number of ether oxygens (including phenoxy) is 1. The molecule has 0 spiro atoms. The largest absolute Gasteiger partial charge is 0.435 e. The number of nitrogen functional groups attached to an aromatic ring is 1. The van der Waals surface area contributed by atoms with E-state index < -0.39 is 11.6 Å². The van der Waals surface area contributed by atoms with E-state index in [1.165, 1.54) is 6.20 Å². The summed E-state index contributed by atoms with van der Waals surface area (Å²) in [4.78, 5) is 3.92. The van der Waals surface area contributed by atoms with E-state index in [0.717, 1.165) is 23.8 Å². The first-order chi connectivity index (χ1) is 8.49. The maximum absolute atomic E-state index is 13.4. The molecule has 94 valence electrons. The number of benzene rings is 1. The van der Waals surface area contributed by atoms with Crippen LogP contribution in [0.1, 0.15) is 5.56 Å². The first-order valence-corrected chi connectivity index (χ1v) is 5.82. The normalized spacial score (nSPS) is 10.4. The van der Waals surface area contributed by atoms with Crippen molar-refractivity contribution in [2.75, 3.05) is 5.73 Å². The zero-order valence-electron chi connectivity index (χ0n) is 9.38. The van der Waals surface area contributed by atoms with Crippen LogP contribution in [0, 0.1) is 18.6 Å². The Morgan fingerprint density at radius 1 is 1.33 bits per heavy atom. The Labute approximate surface area is 111 Å². The molecule has 0 amide bonds. The lowest BCUT2D eigenvalue weighted by Gasteiger charge is -2.10. The van der Waals surface area contributed by atoms with Crippen LogP contribution in [0.3, 0.4) is 0 Å². The molecule has 2 aromatic rings. The number of nitrogens with zero attached hydrogens (tertiary/aromatic N) is 1. The lowest BCUT2D eigenvalue weighted by molar-refractivity contribution is 0.420. The Morgan fingerprint density at radius 3 is 2.78 bits per heavy atom. The van der Waals surface area contributed by atoms with Gasteiger partial charge in [-0.1, -0.05) is 0 Å². The lowest BCUT2D eigenvalue weighted by atomic mass is 10.2. The summed E-state index contributed by atoms with van der Waals surface area (Å²) in [5.41, 5.74) is 6.85. The number of nitrogens with two attached hydrogens (primary N) is 1. The van der Waals surface area contributed by atoms with Crippen LogP contribution < -0.4 is 10.5 Å².